The van der Waals surface area contributed by atoms with Crippen molar-refractivity contribution in [3.8, 4) is 6.07 Å². The van der Waals surface area contributed by atoms with Crippen LogP contribution in [-0.2, 0) is 14.9 Å². The molecule has 0 amide bonds. The first kappa shape index (κ1) is 14.6. The van der Waals surface area contributed by atoms with E-state index >= 15 is 0 Å². The summed E-state index contributed by atoms with van der Waals surface area (Å²) in [5.74, 6) is -0.318. The van der Waals surface area contributed by atoms with Crippen LogP contribution in [0.25, 0.3) is 0 Å². The summed E-state index contributed by atoms with van der Waals surface area (Å²) in [4.78, 5) is 4.47. The van der Waals surface area contributed by atoms with Gasteiger partial charge in [-0.25, -0.2) is 0 Å². The van der Waals surface area contributed by atoms with E-state index in [9.17, 15) is 5.26 Å². The first-order valence-electron chi connectivity index (χ1n) is 7.91. The van der Waals surface area contributed by atoms with Gasteiger partial charge in [0.2, 0.25) is 0 Å². The van der Waals surface area contributed by atoms with Gasteiger partial charge in [0, 0.05) is 23.5 Å². The standard InChI is InChI=1S/C17H19BrN2O2/c18-13-2-1-7-20-14(13)16(12-19)10-15(11-16)3-5-17(6-4-15)21-8-9-22-17/h1-2,7H,3-6,8-11H2. The number of ether oxygens (including phenoxy) is 2. The normalized spacial score (nSPS) is 27.5. The maximum absolute atomic E-state index is 9.77. The van der Waals surface area contributed by atoms with E-state index in [0.29, 0.717) is 0 Å². The first-order chi connectivity index (χ1) is 10.6. The van der Waals surface area contributed by atoms with Crippen LogP contribution in [0.1, 0.15) is 44.2 Å². The van der Waals surface area contributed by atoms with Crippen LogP contribution in [0, 0.1) is 16.7 Å². The fourth-order valence-electron chi connectivity index (χ4n) is 4.57. The highest BCUT2D eigenvalue weighted by atomic mass is 79.9. The first-order valence-corrected chi connectivity index (χ1v) is 8.71. The summed E-state index contributed by atoms with van der Waals surface area (Å²) in [6.07, 6.45) is 7.67. The molecule has 2 aliphatic carbocycles. The molecule has 1 saturated heterocycles. The molecule has 2 spiro atoms. The minimum atomic E-state index is -0.429. The molecule has 116 valence electrons. The molecule has 0 unspecified atom stereocenters. The Hall–Kier alpha value is -0.960. The van der Waals surface area contributed by atoms with Gasteiger partial charge in [-0.1, -0.05) is 0 Å². The molecule has 2 saturated carbocycles. The van der Waals surface area contributed by atoms with E-state index < -0.39 is 5.41 Å². The van der Waals surface area contributed by atoms with Gasteiger partial charge < -0.3 is 9.47 Å². The topological polar surface area (TPSA) is 55.1 Å². The quantitative estimate of drug-likeness (QED) is 0.764. The summed E-state index contributed by atoms with van der Waals surface area (Å²) in [6, 6.07) is 6.42. The fourth-order valence-corrected chi connectivity index (χ4v) is 5.20. The van der Waals surface area contributed by atoms with Crippen LogP contribution in [-0.4, -0.2) is 24.0 Å². The molecule has 0 bridgehead atoms. The third-order valence-corrected chi connectivity index (χ3v) is 6.31. The number of pyridine rings is 1. The van der Waals surface area contributed by atoms with Crippen molar-refractivity contribution in [3.05, 3.63) is 28.5 Å². The number of rotatable bonds is 1. The third kappa shape index (κ3) is 2.12. The zero-order chi connectivity index (χ0) is 15.3. The second-order valence-electron chi connectivity index (χ2n) is 6.99. The van der Waals surface area contributed by atoms with Crippen LogP contribution in [0.3, 0.4) is 0 Å². The number of aromatic nitrogens is 1. The lowest BCUT2D eigenvalue weighted by Gasteiger charge is -2.56. The molecule has 0 aromatic carbocycles. The summed E-state index contributed by atoms with van der Waals surface area (Å²) in [5.41, 5.74) is 0.742. The largest absolute Gasteiger partial charge is 0.348 e. The minimum Gasteiger partial charge on any atom is -0.348 e. The van der Waals surface area contributed by atoms with Crippen LogP contribution in [0.15, 0.2) is 22.8 Å². The summed E-state index contributed by atoms with van der Waals surface area (Å²) >= 11 is 3.56. The predicted molar refractivity (Wildman–Crippen MR) is 84.0 cm³/mol. The SMILES string of the molecule is N#CC1(c2ncccc2Br)CC2(CCC3(CC2)OCCO3)C1. The predicted octanol–water partition coefficient (Wildman–Crippen LogP) is 3.70. The molecule has 1 aromatic heterocycles. The van der Waals surface area contributed by atoms with Crippen molar-refractivity contribution >= 4 is 15.9 Å². The van der Waals surface area contributed by atoms with Crippen molar-refractivity contribution in [1.29, 1.82) is 5.26 Å². The molecule has 4 rings (SSSR count). The molecule has 3 fully saturated rings. The smallest absolute Gasteiger partial charge is 0.168 e. The van der Waals surface area contributed by atoms with E-state index in [0.717, 1.165) is 61.9 Å². The van der Waals surface area contributed by atoms with Crippen LogP contribution >= 0.6 is 15.9 Å². The molecule has 0 N–H and O–H groups in total. The molecule has 5 heteroatoms. The van der Waals surface area contributed by atoms with E-state index in [1.165, 1.54) is 0 Å². The molecule has 3 aliphatic rings. The summed E-state index contributed by atoms with van der Waals surface area (Å²) < 4.78 is 12.6. The molecule has 1 aliphatic heterocycles. The monoisotopic (exact) mass is 362 g/mol. The van der Waals surface area contributed by atoms with Crippen molar-refractivity contribution in [1.82, 2.24) is 4.98 Å². The van der Waals surface area contributed by atoms with Gasteiger partial charge in [-0.2, -0.15) is 5.26 Å². The van der Waals surface area contributed by atoms with Gasteiger partial charge in [-0.15, -0.1) is 0 Å². The number of nitrogens with zero attached hydrogens (tertiary/aromatic N) is 2. The number of hydrogen-bond acceptors (Lipinski definition) is 4. The average Bonchev–Trinajstić information content (AvgIpc) is 2.96. The minimum absolute atomic E-state index is 0.271. The lowest BCUT2D eigenvalue weighted by atomic mass is 9.47. The number of hydrogen-bond donors (Lipinski definition) is 0. The Balaban J connectivity index is 1.51. The number of nitriles is 1. The maximum Gasteiger partial charge on any atom is 0.168 e. The van der Waals surface area contributed by atoms with Gasteiger partial charge in [-0.3, -0.25) is 4.98 Å². The molecule has 1 aromatic rings. The fraction of sp³-hybridized carbons (Fsp3) is 0.647. The summed E-state index contributed by atoms with van der Waals surface area (Å²) in [7, 11) is 0. The summed E-state index contributed by atoms with van der Waals surface area (Å²) in [5, 5.41) is 9.77. The van der Waals surface area contributed by atoms with E-state index in [1.54, 1.807) is 6.20 Å². The third-order valence-electron chi connectivity index (χ3n) is 5.67. The van der Waals surface area contributed by atoms with E-state index in [2.05, 4.69) is 27.0 Å². The van der Waals surface area contributed by atoms with Crippen molar-refractivity contribution < 1.29 is 9.47 Å². The van der Waals surface area contributed by atoms with Gasteiger partial charge in [-0.05, 0) is 59.2 Å². The van der Waals surface area contributed by atoms with Crippen LogP contribution in [0.4, 0.5) is 0 Å². The second kappa shape index (κ2) is 5.02. The highest BCUT2D eigenvalue weighted by Gasteiger charge is 2.60. The van der Waals surface area contributed by atoms with Gasteiger partial charge in [0.1, 0.15) is 5.41 Å². The Morgan fingerprint density at radius 3 is 2.41 bits per heavy atom. The van der Waals surface area contributed by atoms with Gasteiger partial charge in [0.25, 0.3) is 0 Å². The lowest BCUT2D eigenvalue weighted by molar-refractivity contribution is -0.203. The molecule has 2 heterocycles. The van der Waals surface area contributed by atoms with Crippen LogP contribution < -0.4 is 0 Å². The van der Waals surface area contributed by atoms with Crippen LogP contribution in [0.5, 0.6) is 0 Å². The van der Waals surface area contributed by atoms with Crippen molar-refractivity contribution in [2.45, 2.75) is 49.7 Å². The number of halogens is 1. The zero-order valence-electron chi connectivity index (χ0n) is 12.5. The second-order valence-corrected chi connectivity index (χ2v) is 7.84. The Kier molecular flexibility index (Phi) is 3.34. The van der Waals surface area contributed by atoms with Crippen molar-refractivity contribution in [2.24, 2.45) is 5.41 Å². The zero-order valence-corrected chi connectivity index (χ0v) is 14.1. The van der Waals surface area contributed by atoms with E-state index in [4.69, 9.17) is 9.47 Å². The van der Waals surface area contributed by atoms with Gasteiger partial charge in [0.05, 0.1) is 25.0 Å². The Morgan fingerprint density at radius 2 is 1.82 bits per heavy atom. The van der Waals surface area contributed by atoms with Crippen molar-refractivity contribution in [2.75, 3.05) is 13.2 Å². The molecule has 0 radical (unpaired) electrons. The highest BCUT2D eigenvalue weighted by Crippen LogP contribution is 2.63. The van der Waals surface area contributed by atoms with E-state index in [1.807, 2.05) is 12.1 Å². The van der Waals surface area contributed by atoms with Gasteiger partial charge >= 0.3 is 0 Å². The molecular weight excluding hydrogens is 344 g/mol. The van der Waals surface area contributed by atoms with Gasteiger partial charge in [0.15, 0.2) is 5.79 Å². The highest BCUT2D eigenvalue weighted by molar-refractivity contribution is 9.10. The Morgan fingerprint density at radius 1 is 1.14 bits per heavy atom. The molecule has 22 heavy (non-hydrogen) atoms. The molecule has 4 nitrogen and oxygen atoms in total. The average molecular weight is 363 g/mol. The lowest BCUT2D eigenvalue weighted by Crippen LogP contribution is -2.53. The van der Waals surface area contributed by atoms with E-state index in [-0.39, 0.29) is 11.2 Å². The van der Waals surface area contributed by atoms with Crippen LogP contribution in [0.2, 0.25) is 0 Å². The molecule has 0 atom stereocenters. The Bertz CT molecular complexity index is 616. The summed E-state index contributed by atoms with van der Waals surface area (Å²) in [6.45, 7) is 1.44. The maximum atomic E-state index is 9.77. The van der Waals surface area contributed by atoms with Crippen molar-refractivity contribution in [3.63, 3.8) is 0 Å². The molecular formula is C17H19BrN2O2. The Labute approximate surface area is 139 Å².